The van der Waals surface area contributed by atoms with E-state index in [2.05, 4.69) is 17.4 Å². The number of nitrogens with one attached hydrogen (secondary N) is 1. The van der Waals surface area contributed by atoms with Gasteiger partial charge in [0.2, 0.25) is 5.91 Å². The molecule has 2 aliphatic carbocycles. The number of piperidine rings is 1. The standard InChI is InChI=1S/C26H28N2O5/c1-2-22(23(29)28-13-7-8-16-14-26(16,28)24(30)31)27-25(32)33-15-21-19-11-5-3-9-17(19)18-10-4-6-12-20(18)21/h3-6,9-12,16,21-22H,2,7-8,13-15H2,1H3,(H,27,32)(H,30,31)/t16-,22-,26+/m0/s1. The minimum absolute atomic E-state index is 0.0136. The van der Waals surface area contributed by atoms with E-state index in [-0.39, 0.29) is 24.3 Å². The first-order valence-corrected chi connectivity index (χ1v) is 11.6. The van der Waals surface area contributed by atoms with Crippen molar-refractivity contribution in [1.29, 1.82) is 0 Å². The van der Waals surface area contributed by atoms with Crippen LogP contribution < -0.4 is 5.32 Å². The second kappa shape index (κ2) is 8.21. The van der Waals surface area contributed by atoms with E-state index in [0.717, 1.165) is 35.1 Å². The molecule has 0 radical (unpaired) electrons. The van der Waals surface area contributed by atoms with Gasteiger partial charge in [0, 0.05) is 12.5 Å². The number of amides is 2. The highest BCUT2D eigenvalue weighted by atomic mass is 16.5. The predicted molar refractivity (Wildman–Crippen MR) is 122 cm³/mol. The fourth-order valence-electron chi connectivity index (χ4n) is 5.68. The smallest absolute Gasteiger partial charge is 0.407 e. The highest BCUT2D eigenvalue weighted by Gasteiger charge is 2.67. The molecule has 0 spiro atoms. The van der Waals surface area contributed by atoms with Crippen LogP contribution in [-0.4, -0.2) is 52.7 Å². The Bertz CT molecular complexity index is 1070. The number of ether oxygens (including phenoxy) is 1. The lowest BCUT2D eigenvalue weighted by Gasteiger charge is -2.36. The van der Waals surface area contributed by atoms with Crippen molar-refractivity contribution in [3.63, 3.8) is 0 Å². The number of carboxylic acids is 1. The summed E-state index contributed by atoms with van der Waals surface area (Å²) in [4.78, 5) is 39.2. The van der Waals surface area contributed by atoms with Crippen LogP contribution in [0.5, 0.6) is 0 Å². The number of carbonyl (C=O) groups excluding carboxylic acids is 2. The third-order valence-corrected chi connectivity index (χ3v) is 7.47. The van der Waals surface area contributed by atoms with E-state index in [0.29, 0.717) is 19.4 Å². The third kappa shape index (κ3) is 3.46. The molecule has 0 aromatic heterocycles. The van der Waals surface area contributed by atoms with Gasteiger partial charge in [-0.15, -0.1) is 0 Å². The molecule has 2 amide bonds. The lowest BCUT2D eigenvalue weighted by Crippen LogP contribution is -2.57. The predicted octanol–water partition coefficient (Wildman–Crippen LogP) is 3.77. The number of likely N-dealkylation sites (tertiary alicyclic amines) is 1. The quantitative estimate of drug-likeness (QED) is 0.701. The molecule has 3 aliphatic rings. The number of carbonyl (C=O) groups is 3. The molecule has 2 aromatic rings. The number of nitrogens with zero attached hydrogens (tertiary/aromatic N) is 1. The summed E-state index contributed by atoms with van der Waals surface area (Å²) in [6.45, 7) is 2.37. The van der Waals surface area contributed by atoms with Crippen molar-refractivity contribution >= 4 is 18.0 Å². The summed E-state index contributed by atoms with van der Waals surface area (Å²) < 4.78 is 5.58. The Morgan fingerprint density at radius 2 is 1.76 bits per heavy atom. The first-order chi connectivity index (χ1) is 16.0. The van der Waals surface area contributed by atoms with Crippen LogP contribution in [0.1, 0.15) is 49.7 Å². The number of hydrogen-bond donors (Lipinski definition) is 2. The summed E-state index contributed by atoms with van der Waals surface area (Å²) in [6.07, 6.45) is 1.81. The average Bonchev–Trinajstić information content (AvgIpc) is 3.52. The lowest BCUT2D eigenvalue weighted by molar-refractivity contribution is -0.155. The SMILES string of the molecule is CC[C@H](NC(=O)OCC1c2ccccc2-c2ccccc21)C(=O)N1CCC[C@H]2C[C@]21C(=O)O. The van der Waals surface area contributed by atoms with E-state index in [9.17, 15) is 19.5 Å². The average molecular weight is 449 g/mol. The van der Waals surface area contributed by atoms with Gasteiger partial charge in [-0.05, 0) is 53.9 Å². The Morgan fingerprint density at radius 3 is 2.36 bits per heavy atom. The lowest BCUT2D eigenvalue weighted by atomic mass is 9.98. The maximum atomic E-state index is 13.2. The Kier molecular flexibility index (Phi) is 5.35. The normalized spacial score (nSPS) is 23.7. The topological polar surface area (TPSA) is 95.9 Å². The van der Waals surface area contributed by atoms with Crippen molar-refractivity contribution in [3.05, 3.63) is 59.7 Å². The van der Waals surface area contributed by atoms with Gasteiger partial charge in [0.25, 0.3) is 0 Å². The number of benzene rings is 2. The van der Waals surface area contributed by atoms with Crippen LogP contribution in [0.25, 0.3) is 11.1 Å². The van der Waals surface area contributed by atoms with Gasteiger partial charge in [0.15, 0.2) is 0 Å². The number of rotatable bonds is 6. The van der Waals surface area contributed by atoms with Gasteiger partial charge in [-0.2, -0.15) is 0 Å². The molecule has 1 aliphatic heterocycles. The Hall–Kier alpha value is -3.35. The summed E-state index contributed by atoms with van der Waals surface area (Å²) in [7, 11) is 0. The van der Waals surface area contributed by atoms with E-state index in [1.807, 2.05) is 36.4 Å². The first kappa shape index (κ1) is 21.5. The Morgan fingerprint density at radius 1 is 1.12 bits per heavy atom. The molecule has 172 valence electrons. The highest BCUT2D eigenvalue weighted by molar-refractivity contribution is 5.94. The van der Waals surface area contributed by atoms with Crippen LogP contribution >= 0.6 is 0 Å². The molecular weight excluding hydrogens is 420 g/mol. The molecule has 2 fully saturated rings. The molecule has 7 nitrogen and oxygen atoms in total. The minimum Gasteiger partial charge on any atom is -0.479 e. The fraction of sp³-hybridized carbons (Fsp3) is 0.423. The Labute approximate surface area is 192 Å². The summed E-state index contributed by atoms with van der Waals surface area (Å²) in [6, 6.07) is 15.4. The van der Waals surface area contributed by atoms with Gasteiger partial charge in [-0.1, -0.05) is 55.5 Å². The van der Waals surface area contributed by atoms with Gasteiger partial charge in [0.05, 0.1) is 0 Å². The molecule has 2 N–H and O–H groups in total. The van der Waals surface area contributed by atoms with E-state index in [4.69, 9.17) is 4.74 Å². The maximum Gasteiger partial charge on any atom is 0.407 e. The summed E-state index contributed by atoms with van der Waals surface area (Å²) in [5.41, 5.74) is 3.43. The van der Waals surface area contributed by atoms with Crippen LogP contribution in [0.3, 0.4) is 0 Å². The maximum absolute atomic E-state index is 13.2. The number of alkyl carbamates (subject to hydrolysis) is 1. The number of aliphatic carboxylic acids is 1. The van der Waals surface area contributed by atoms with E-state index in [1.165, 1.54) is 4.90 Å². The molecule has 0 bridgehead atoms. The fourth-order valence-corrected chi connectivity index (χ4v) is 5.68. The molecule has 7 heteroatoms. The molecule has 1 heterocycles. The largest absolute Gasteiger partial charge is 0.479 e. The second-order valence-corrected chi connectivity index (χ2v) is 9.19. The van der Waals surface area contributed by atoms with E-state index < -0.39 is 23.6 Å². The molecule has 1 saturated heterocycles. The van der Waals surface area contributed by atoms with E-state index >= 15 is 0 Å². The number of hydrogen-bond acceptors (Lipinski definition) is 4. The molecule has 5 rings (SSSR count). The molecule has 2 aromatic carbocycles. The first-order valence-electron chi connectivity index (χ1n) is 11.6. The Balaban J connectivity index is 1.25. The zero-order chi connectivity index (χ0) is 23.2. The molecule has 33 heavy (non-hydrogen) atoms. The van der Waals surface area contributed by atoms with Gasteiger partial charge < -0.3 is 20.1 Å². The van der Waals surface area contributed by atoms with Crippen molar-refractivity contribution in [2.24, 2.45) is 5.92 Å². The van der Waals surface area contributed by atoms with Crippen molar-refractivity contribution < 1.29 is 24.2 Å². The monoisotopic (exact) mass is 448 g/mol. The molecule has 0 unspecified atom stereocenters. The summed E-state index contributed by atoms with van der Waals surface area (Å²) >= 11 is 0. The summed E-state index contributed by atoms with van der Waals surface area (Å²) in [5, 5.41) is 12.4. The van der Waals surface area contributed by atoms with E-state index in [1.54, 1.807) is 6.92 Å². The number of carboxylic acid groups (broad SMARTS) is 1. The molecule has 1 saturated carbocycles. The highest BCUT2D eigenvalue weighted by Crippen LogP contribution is 2.54. The zero-order valence-corrected chi connectivity index (χ0v) is 18.6. The van der Waals surface area contributed by atoms with Gasteiger partial charge >= 0.3 is 12.1 Å². The van der Waals surface area contributed by atoms with Gasteiger partial charge in [-0.3, -0.25) is 4.79 Å². The third-order valence-electron chi connectivity index (χ3n) is 7.47. The van der Waals surface area contributed by atoms with Crippen LogP contribution in [0.4, 0.5) is 4.79 Å². The van der Waals surface area contributed by atoms with Crippen molar-refractivity contribution in [2.45, 2.75) is 50.1 Å². The van der Waals surface area contributed by atoms with Crippen LogP contribution in [0.2, 0.25) is 0 Å². The van der Waals surface area contributed by atoms with Gasteiger partial charge in [0.1, 0.15) is 18.2 Å². The second-order valence-electron chi connectivity index (χ2n) is 9.19. The minimum atomic E-state index is -1.09. The number of fused-ring (bicyclic) bond motifs is 4. The van der Waals surface area contributed by atoms with Crippen molar-refractivity contribution in [1.82, 2.24) is 10.2 Å². The van der Waals surface area contributed by atoms with Crippen molar-refractivity contribution in [3.8, 4) is 11.1 Å². The summed E-state index contributed by atoms with van der Waals surface area (Å²) in [5.74, 6) is -1.34. The van der Waals surface area contributed by atoms with Crippen molar-refractivity contribution in [2.75, 3.05) is 13.2 Å². The molecule has 3 atom stereocenters. The van der Waals surface area contributed by atoms with Crippen LogP contribution in [-0.2, 0) is 14.3 Å². The van der Waals surface area contributed by atoms with Gasteiger partial charge in [-0.25, -0.2) is 9.59 Å². The molecular formula is C26H28N2O5. The van der Waals surface area contributed by atoms with Crippen LogP contribution in [0, 0.1) is 5.92 Å². The zero-order valence-electron chi connectivity index (χ0n) is 18.6. The van der Waals surface area contributed by atoms with Crippen LogP contribution in [0.15, 0.2) is 48.5 Å².